The molecule has 0 spiro atoms. The van der Waals surface area contributed by atoms with Crippen LogP contribution in [0, 0.1) is 30.7 Å². The molecule has 0 amide bonds. The zero-order chi connectivity index (χ0) is 37.3. The Balaban J connectivity index is 0.000000289. The standard InChI is InChI=1S/C31H26NO2.C15H28O2.Ir/c1-18-14-21-10-11-22(17-27(21)33-18)29-19(2)24-12-13-32-28(30(24)34-29)23-15-20-8-6-7-9-25(20)26(16-23)31(3,4)5;1-7-14(5,8-2)12(16)11-13(17)15(6,9-3)10-4;/h6-14,16-17H,1-5H3;11,16H,7-10H2,1-6H3;/q-1;;/b;12-11-;. The van der Waals surface area contributed by atoms with Gasteiger partial charge in [0.05, 0.1) is 0 Å². The van der Waals surface area contributed by atoms with E-state index in [1.54, 1.807) is 0 Å². The van der Waals surface area contributed by atoms with Crippen LogP contribution in [-0.4, -0.2) is 15.9 Å². The summed E-state index contributed by atoms with van der Waals surface area (Å²) in [4.78, 5) is 16.9. The van der Waals surface area contributed by atoms with Crippen LogP contribution < -0.4 is 0 Å². The molecule has 0 fully saturated rings. The average molecular weight is 877 g/mol. The number of allylic oxidation sites excluding steroid dienone is 2. The van der Waals surface area contributed by atoms with Gasteiger partial charge in [-0.3, -0.25) is 9.78 Å². The van der Waals surface area contributed by atoms with Crippen LogP contribution >= 0.6 is 0 Å². The summed E-state index contributed by atoms with van der Waals surface area (Å²) < 4.78 is 12.4. The van der Waals surface area contributed by atoms with E-state index in [0.29, 0.717) is 0 Å². The quantitative estimate of drug-likeness (QED) is 0.0889. The van der Waals surface area contributed by atoms with Gasteiger partial charge >= 0.3 is 0 Å². The van der Waals surface area contributed by atoms with Crippen molar-refractivity contribution < 1.29 is 38.8 Å². The van der Waals surface area contributed by atoms with Gasteiger partial charge in [-0.25, -0.2) is 0 Å². The summed E-state index contributed by atoms with van der Waals surface area (Å²) in [5.41, 5.74) is 6.18. The Morgan fingerprint density at radius 2 is 1.48 bits per heavy atom. The number of benzene rings is 3. The SMILES string of the molecule is CCC(C)(CC)C(=O)/C=C(\O)C(C)(CC)CC.Cc1cc2ccc(-c3oc4c(-c5[c-]c6ccccc6c(C(C)(C)C)c5)nccc4c3C)cc2o1.[Ir]. The van der Waals surface area contributed by atoms with Crippen LogP contribution in [0.5, 0.6) is 0 Å². The van der Waals surface area contributed by atoms with Crippen molar-refractivity contribution in [3.8, 4) is 22.6 Å². The Morgan fingerprint density at radius 3 is 2.12 bits per heavy atom. The van der Waals surface area contributed by atoms with E-state index in [4.69, 9.17) is 13.8 Å². The molecule has 0 atom stereocenters. The summed E-state index contributed by atoms with van der Waals surface area (Å²) in [6.45, 7) is 22.9. The minimum Gasteiger partial charge on any atom is -0.512 e. The van der Waals surface area contributed by atoms with Gasteiger partial charge in [-0.05, 0) is 63.1 Å². The number of aliphatic hydroxyl groups excluding tert-OH is 1. The Labute approximate surface area is 323 Å². The molecule has 52 heavy (non-hydrogen) atoms. The van der Waals surface area contributed by atoms with Gasteiger partial charge < -0.3 is 13.9 Å². The van der Waals surface area contributed by atoms with Crippen LogP contribution in [0.1, 0.15) is 105 Å². The average Bonchev–Trinajstić information content (AvgIpc) is 3.67. The second kappa shape index (κ2) is 15.9. The molecular formula is C46H54IrNO4-. The van der Waals surface area contributed by atoms with Gasteiger partial charge in [0.15, 0.2) is 5.78 Å². The maximum absolute atomic E-state index is 12.2. The molecule has 0 saturated heterocycles. The normalized spacial score (nSPS) is 12.6. The predicted molar refractivity (Wildman–Crippen MR) is 212 cm³/mol. The number of nitrogens with zero attached hydrogens (tertiary/aromatic N) is 1. The number of furan rings is 2. The first-order chi connectivity index (χ1) is 24.1. The third-order valence-corrected chi connectivity index (χ3v) is 11.2. The second-order valence-corrected chi connectivity index (χ2v) is 15.5. The molecule has 1 radical (unpaired) electrons. The van der Waals surface area contributed by atoms with E-state index in [9.17, 15) is 9.90 Å². The number of hydrogen-bond acceptors (Lipinski definition) is 5. The topological polar surface area (TPSA) is 76.5 Å². The van der Waals surface area contributed by atoms with E-state index in [1.165, 1.54) is 17.0 Å². The van der Waals surface area contributed by atoms with E-state index in [1.807, 2.05) is 60.7 Å². The maximum atomic E-state index is 12.2. The molecule has 1 N–H and O–H groups in total. The first kappa shape index (κ1) is 40.8. The van der Waals surface area contributed by atoms with Crippen LogP contribution in [0.25, 0.3) is 55.3 Å². The van der Waals surface area contributed by atoms with E-state index in [-0.39, 0.29) is 47.9 Å². The Hall–Kier alpha value is -3.99. The summed E-state index contributed by atoms with van der Waals surface area (Å²) in [6.07, 6.45) is 6.62. The number of aryl methyl sites for hydroxylation is 2. The second-order valence-electron chi connectivity index (χ2n) is 15.5. The van der Waals surface area contributed by atoms with Crippen LogP contribution in [0.2, 0.25) is 0 Å². The van der Waals surface area contributed by atoms with Crippen LogP contribution in [0.4, 0.5) is 0 Å². The van der Waals surface area contributed by atoms with Crippen molar-refractivity contribution >= 4 is 38.5 Å². The van der Waals surface area contributed by atoms with Crippen LogP contribution in [0.15, 0.2) is 87.5 Å². The molecule has 6 aromatic rings. The monoisotopic (exact) mass is 877 g/mol. The van der Waals surface area contributed by atoms with Crippen molar-refractivity contribution in [1.82, 2.24) is 4.98 Å². The fourth-order valence-electron chi connectivity index (χ4n) is 6.58. The van der Waals surface area contributed by atoms with Gasteiger partial charge in [0, 0.05) is 70.8 Å². The van der Waals surface area contributed by atoms with E-state index >= 15 is 0 Å². The van der Waals surface area contributed by atoms with E-state index in [0.717, 1.165) is 86.9 Å². The molecule has 6 rings (SSSR count). The van der Waals surface area contributed by atoms with Crippen molar-refractivity contribution in [2.75, 3.05) is 0 Å². The Bertz CT molecular complexity index is 2220. The number of hydrogen-bond donors (Lipinski definition) is 1. The number of fused-ring (bicyclic) bond motifs is 3. The van der Waals surface area contributed by atoms with Gasteiger partial charge in [-0.2, -0.15) is 0 Å². The summed E-state index contributed by atoms with van der Waals surface area (Å²) in [5.74, 6) is 2.03. The number of aliphatic hydroxyl groups is 1. The van der Waals surface area contributed by atoms with Crippen molar-refractivity contribution in [3.05, 3.63) is 102 Å². The summed E-state index contributed by atoms with van der Waals surface area (Å²) in [7, 11) is 0. The minimum atomic E-state index is -0.337. The molecule has 0 aliphatic rings. The number of carbonyl (C=O) groups excluding carboxylic acids is 1. The third-order valence-electron chi connectivity index (χ3n) is 11.2. The molecule has 3 aromatic heterocycles. The van der Waals surface area contributed by atoms with Gasteiger partial charge in [0.1, 0.15) is 28.4 Å². The molecular weight excluding hydrogens is 823 g/mol. The van der Waals surface area contributed by atoms with E-state index < -0.39 is 0 Å². The van der Waals surface area contributed by atoms with Crippen molar-refractivity contribution in [2.24, 2.45) is 10.8 Å². The van der Waals surface area contributed by atoms with Gasteiger partial charge in [-0.1, -0.05) is 104 Å². The van der Waals surface area contributed by atoms with Gasteiger partial charge in [-0.15, -0.1) is 29.1 Å². The summed E-state index contributed by atoms with van der Waals surface area (Å²) in [6, 6.07) is 24.6. The molecule has 277 valence electrons. The Kier molecular flexibility index (Phi) is 12.5. The zero-order valence-electron chi connectivity index (χ0n) is 32.7. The smallest absolute Gasteiger partial charge is 0.164 e. The van der Waals surface area contributed by atoms with Crippen molar-refractivity contribution in [2.45, 2.75) is 107 Å². The number of carbonyl (C=O) groups is 1. The number of rotatable bonds is 9. The number of aromatic nitrogens is 1. The first-order valence-electron chi connectivity index (χ1n) is 18.4. The minimum absolute atomic E-state index is 0. The number of pyridine rings is 1. The van der Waals surface area contributed by atoms with Crippen LogP contribution in [-0.2, 0) is 30.3 Å². The van der Waals surface area contributed by atoms with Crippen molar-refractivity contribution in [1.29, 1.82) is 0 Å². The molecule has 0 aliphatic carbocycles. The molecule has 6 heteroatoms. The Morgan fingerprint density at radius 1 is 0.827 bits per heavy atom. The summed E-state index contributed by atoms with van der Waals surface area (Å²) in [5, 5.41) is 14.6. The van der Waals surface area contributed by atoms with Gasteiger partial charge in [0.25, 0.3) is 0 Å². The molecule has 5 nitrogen and oxygen atoms in total. The fourth-order valence-corrected chi connectivity index (χ4v) is 6.58. The molecule has 0 aliphatic heterocycles. The number of ketones is 1. The van der Waals surface area contributed by atoms with Crippen molar-refractivity contribution in [3.63, 3.8) is 0 Å². The fraction of sp³-hybridized carbons (Fsp3) is 0.391. The summed E-state index contributed by atoms with van der Waals surface area (Å²) >= 11 is 0. The molecule has 3 aromatic carbocycles. The third kappa shape index (κ3) is 7.99. The van der Waals surface area contributed by atoms with Gasteiger partial charge in [0.2, 0.25) is 0 Å². The van der Waals surface area contributed by atoms with Crippen LogP contribution in [0.3, 0.4) is 0 Å². The molecule has 0 unspecified atom stereocenters. The molecule has 0 saturated carbocycles. The zero-order valence-corrected chi connectivity index (χ0v) is 35.1. The largest absolute Gasteiger partial charge is 0.512 e. The molecule has 0 bridgehead atoms. The molecule has 3 heterocycles. The van der Waals surface area contributed by atoms with E-state index in [2.05, 4.69) is 88.4 Å². The first-order valence-corrected chi connectivity index (χ1v) is 18.4. The predicted octanol–water partition coefficient (Wildman–Crippen LogP) is 13.4. The maximum Gasteiger partial charge on any atom is 0.164 e.